The average molecular weight is 283 g/mol. The van der Waals surface area contributed by atoms with Gasteiger partial charge in [0.2, 0.25) is 11.8 Å². The van der Waals surface area contributed by atoms with E-state index in [9.17, 15) is 9.59 Å². The fourth-order valence-corrected chi connectivity index (χ4v) is 2.55. The van der Waals surface area contributed by atoms with Gasteiger partial charge >= 0.3 is 0 Å². The Labute approximate surface area is 122 Å². The highest BCUT2D eigenvalue weighted by molar-refractivity contribution is 5.83. The summed E-state index contributed by atoms with van der Waals surface area (Å²) < 4.78 is 0. The number of nitrogens with zero attached hydrogens (tertiary/aromatic N) is 1. The first-order valence-electron chi connectivity index (χ1n) is 7.95. The topological polar surface area (TPSA) is 61.4 Å². The second kappa shape index (κ2) is 9.75. The molecule has 20 heavy (non-hydrogen) atoms. The van der Waals surface area contributed by atoms with E-state index in [1.165, 1.54) is 0 Å². The lowest BCUT2D eigenvalue weighted by atomic mass is 10.1. The Bertz CT molecular complexity index is 295. The number of hydrogen-bond acceptors (Lipinski definition) is 3. The predicted molar refractivity (Wildman–Crippen MR) is 80.4 cm³/mol. The summed E-state index contributed by atoms with van der Waals surface area (Å²) in [5, 5.41) is 6.27. The quantitative estimate of drug-likeness (QED) is 0.705. The zero-order valence-electron chi connectivity index (χ0n) is 12.9. The lowest BCUT2D eigenvalue weighted by Crippen LogP contribution is -2.45. The minimum absolute atomic E-state index is 0.00000283. The van der Waals surface area contributed by atoms with Crippen LogP contribution >= 0.6 is 0 Å². The summed E-state index contributed by atoms with van der Waals surface area (Å²) in [5.41, 5.74) is 0. The van der Waals surface area contributed by atoms with Crippen LogP contribution in [0.5, 0.6) is 0 Å². The van der Waals surface area contributed by atoms with Crippen LogP contribution in [0.25, 0.3) is 0 Å². The van der Waals surface area contributed by atoms with Crippen LogP contribution in [0.2, 0.25) is 0 Å². The number of amides is 2. The maximum Gasteiger partial charge on any atom is 0.223 e. The molecule has 0 bridgehead atoms. The number of piperidine rings is 1. The molecule has 0 saturated carbocycles. The van der Waals surface area contributed by atoms with Crippen LogP contribution in [0.4, 0.5) is 0 Å². The lowest BCUT2D eigenvalue weighted by Gasteiger charge is -2.24. The molecule has 2 amide bonds. The summed E-state index contributed by atoms with van der Waals surface area (Å²) in [5.74, 6) is 0.102. The van der Waals surface area contributed by atoms with Crippen molar-refractivity contribution in [3.05, 3.63) is 0 Å². The van der Waals surface area contributed by atoms with Gasteiger partial charge in [0.25, 0.3) is 0 Å². The number of carbonyl (C=O) groups is 2. The van der Waals surface area contributed by atoms with Crippen molar-refractivity contribution in [2.45, 2.75) is 58.4 Å². The Hall–Kier alpha value is -1.10. The molecule has 1 aliphatic heterocycles. The first-order chi connectivity index (χ1) is 9.67. The predicted octanol–water partition coefficient (Wildman–Crippen LogP) is 1.28. The molecular formula is C15H29N3O2. The number of nitrogens with one attached hydrogen (secondary N) is 2. The van der Waals surface area contributed by atoms with Gasteiger partial charge in [-0.25, -0.2) is 0 Å². The lowest BCUT2D eigenvalue weighted by molar-refractivity contribution is -0.133. The molecule has 1 aliphatic rings. The van der Waals surface area contributed by atoms with Gasteiger partial charge in [0, 0.05) is 38.5 Å². The van der Waals surface area contributed by atoms with Gasteiger partial charge in [-0.2, -0.15) is 0 Å². The summed E-state index contributed by atoms with van der Waals surface area (Å²) >= 11 is 0. The van der Waals surface area contributed by atoms with Gasteiger partial charge in [0.05, 0.1) is 0 Å². The Morgan fingerprint density at radius 1 is 1.20 bits per heavy atom. The first-order valence-corrected chi connectivity index (χ1v) is 7.95. The van der Waals surface area contributed by atoms with Crippen LogP contribution in [0.3, 0.4) is 0 Å². The molecule has 0 aromatic carbocycles. The Morgan fingerprint density at radius 3 is 2.45 bits per heavy atom. The molecule has 0 aromatic heterocycles. The van der Waals surface area contributed by atoms with Gasteiger partial charge < -0.3 is 15.5 Å². The van der Waals surface area contributed by atoms with Crippen LogP contribution in [0, 0.1) is 0 Å². The second-order valence-corrected chi connectivity index (χ2v) is 5.49. The highest BCUT2D eigenvalue weighted by Gasteiger charge is 2.17. The molecular weight excluding hydrogens is 254 g/mol. The molecule has 0 aliphatic carbocycles. The molecule has 1 heterocycles. The third-order valence-electron chi connectivity index (χ3n) is 3.57. The standard InChI is InChI=1S/C15H29N3O2/c1-3-10-18(11-4-2)15(20)8-7-14(19)17-13-6-5-9-16-12-13/h13,16H,3-12H2,1-2H3,(H,17,19). The van der Waals surface area contributed by atoms with Crippen molar-refractivity contribution in [3.63, 3.8) is 0 Å². The maximum atomic E-state index is 12.1. The minimum Gasteiger partial charge on any atom is -0.352 e. The van der Waals surface area contributed by atoms with E-state index in [1.54, 1.807) is 0 Å². The molecule has 1 atom stereocenters. The first kappa shape index (κ1) is 17.0. The van der Waals surface area contributed by atoms with Crippen LogP contribution in [-0.4, -0.2) is 48.9 Å². The van der Waals surface area contributed by atoms with Gasteiger partial charge in [-0.15, -0.1) is 0 Å². The molecule has 1 rings (SSSR count). The van der Waals surface area contributed by atoms with E-state index >= 15 is 0 Å². The second-order valence-electron chi connectivity index (χ2n) is 5.49. The molecule has 0 radical (unpaired) electrons. The highest BCUT2D eigenvalue weighted by atomic mass is 16.2. The van der Waals surface area contributed by atoms with Crippen molar-refractivity contribution in [2.75, 3.05) is 26.2 Å². The van der Waals surface area contributed by atoms with E-state index in [0.29, 0.717) is 12.8 Å². The van der Waals surface area contributed by atoms with E-state index in [4.69, 9.17) is 0 Å². The monoisotopic (exact) mass is 283 g/mol. The Balaban J connectivity index is 2.25. The zero-order valence-corrected chi connectivity index (χ0v) is 12.9. The highest BCUT2D eigenvalue weighted by Crippen LogP contribution is 2.04. The van der Waals surface area contributed by atoms with Gasteiger partial charge in [-0.3, -0.25) is 9.59 Å². The number of hydrogen-bond donors (Lipinski definition) is 2. The van der Waals surface area contributed by atoms with Crippen molar-refractivity contribution in [1.29, 1.82) is 0 Å². The minimum atomic E-state index is -0.00000283. The molecule has 1 saturated heterocycles. The molecule has 2 N–H and O–H groups in total. The maximum absolute atomic E-state index is 12.1. The van der Waals surface area contributed by atoms with Crippen molar-refractivity contribution < 1.29 is 9.59 Å². The molecule has 1 fully saturated rings. The SMILES string of the molecule is CCCN(CCC)C(=O)CCC(=O)NC1CCCNC1. The van der Waals surface area contributed by atoms with Crippen LogP contribution in [0.1, 0.15) is 52.4 Å². The van der Waals surface area contributed by atoms with Gasteiger partial charge in [0.15, 0.2) is 0 Å². The molecule has 116 valence electrons. The van der Waals surface area contributed by atoms with E-state index in [0.717, 1.165) is 51.9 Å². The molecule has 0 spiro atoms. The van der Waals surface area contributed by atoms with Crippen molar-refractivity contribution in [3.8, 4) is 0 Å². The zero-order chi connectivity index (χ0) is 14.8. The fraction of sp³-hybridized carbons (Fsp3) is 0.867. The summed E-state index contributed by atoms with van der Waals surface area (Å²) in [6, 6.07) is 0.230. The third kappa shape index (κ3) is 6.37. The summed E-state index contributed by atoms with van der Waals surface area (Å²) in [7, 11) is 0. The normalized spacial score (nSPS) is 18.6. The molecule has 1 unspecified atom stereocenters. The summed E-state index contributed by atoms with van der Waals surface area (Å²) in [4.78, 5) is 25.8. The average Bonchev–Trinajstić information content (AvgIpc) is 2.45. The summed E-state index contributed by atoms with van der Waals surface area (Å²) in [6.45, 7) is 7.60. The largest absolute Gasteiger partial charge is 0.352 e. The van der Waals surface area contributed by atoms with Crippen LogP contribution in [-0.2, 0) is 9.59 Å². The van der Waals surface area contributed by atoms with Gasteiger partial charge in [-0.1, -0.05) is 13.8 Å². The third-order valence-corrected chi connectivity index (χ3v) is 3.57. The molecule has 5 nitrogen and oxygen atoms in total. The van der Waals surface area contributed by atoms with E-state index in [-0.39, 0.29) is 17.9 Å². The van der Waals surface area contributed by atoms with E-state index in [2.05, 4.69) is 24.5 Å². The van der Waals surface area contributed by atoms with Crippen molar-refractivity contribution in [2.24, 2.45) is 0 Å². The Kier molecular flexibility index (Phi) is 8.26. The summed E-state index contributed by atoms with van der Waals surface area (Å²) in [6.07, 6.45) is 4.69. The molecule has 0 aromatic rings. The van der Waals surface area contributed by atoms with Crippen LogP contribution in [0.15, 0.2) is 0 Å². The van der Waals surface area contributed by atoms with Crippen molar-refractivity contribution in [1.82, 2.24) is 15.5 Å². The Morgan fingerprint density at radius 2 is 1.90 bits per heavy atom. The van der Waals surface area contributed by atoms with Crippen LogP contribution < -0.4 is 10.6 Å². The number of rotatable bonds is 8. The van der Waals surface area contributed by atoms with Gasteiger partial charge in [-0.05, 0) is 32.2 Å². The van der Waals surface area contributed by atoms with Gasteiger partial charge in [0.1, 0.15) is 0 Å². The fourth-order valence-electron chi connectivity index (χ4n) is 2.55. The smallest absolute Gasteiger partial charge is 0.223 e. The number of carbonyl (C=O) groups excluding carboxylic acids is 2. The van der Waals surface area contributed by atoms with E-state index in [1.807, 2.05) is 4.90 Å². The van der Waals surface area contributed by atoms with Crippen molar-refractivity contribution >= 4 is 11.8 Å². The molecule has 5 heteroatoms. The van der Waals surface area contributed by atoms with E-state index < -0.39 is 0 Å².